The minimum atomic E-state index is -1.12. The van der Waals surface area contributed by atoms with Crippen LogP contribution in [0.2, 0.25) is 5.02 Å². The molecule has 0 unspecified atom stereocenters. The maximum absolute atomic E-state index is 11.0. The number of rotatable bonds is 5. The number of hydrogen-bond acceptors (Lipinski definition) is 5. The van der Waals surface area contributed by atoms with E-state index in [1.54, 1.807) is 31.3 Å². The second-order valence-electron chi connectivity index (χ2n) is 3.86. The monoisotopic (exact) mass is 293 g/mol. The van der Waals surface area contributed by atoms with Gasteiger partial charge in [-0.25, -0.2) is 14.8 Å². The van der Waals surface area contributed by atoms with Crippen molar-refractivity contribution < 1.29 is 14.6 Å². The quantitative estimate of drug-likeness (QED) is 0.881. The zero-order valence-corrected chi connectivity index (χ0v) is 11.4. The van der Waals surface area contributed by atoms with Crippen LogP contribution in [0.4, 0.5) is 5.82 Å². The number of hydrogen-bond donors (Lipinski definition) is 2. The number of halogens is 1. The van der Waals surface area contributed by atoms with E-state index in [0.29, 0.717) is 16.6 Å². The molecule has 2 aromatic rings. The highest BCUT2D eigenvalue weighted by Gasteiger charge is 2.10. The number of anilines is 1. The molecule has 0 spiro atoms. The smallest absolute Gasteiger partial charge is 0.354 e. The second-order valence-corrected chi connectivity index (χ2v) is 4.29. The van der Waals surface area contributed by atoms with Crippen LogP contribution in [0, 0.1) is 0 Å². The average Bonchev–Trinajstić information content (AvgIpc) is 2.45. The SMILES string of the molecule is CNc1cc(C(=O)O)nc(COc2cccc(Cl)c2)n1. The summed E-state index contributed by atoms with van der Waals surface area (Å²) in [5, 5.41) is 12.3. The zero-order valence-electron chi connectivity index (χ0n) is 10.6. The number of carboxylic acid groups (broad SMARTS) is 1. The molecule has 0 saturated carbocycles. The number of carbonyl (C=O) groups is 1. The first-order valence-electron chi connectivity index (χ1n) is 5.76. The number of nitrogens with zero attached hydrogens (tertiary/aromatic N) is 2. The van der Waals surface area contributed by atoms with Crippen molar-refractivity contribution >= 4 is 23.4 Å². The Morgan fingerprint density at radius 1 is 1.40 bits per heavy atom. The van der Waals surface area contributed by atoms with Gasteiger partial charge in [-0.2, -0.15) is 0 Å². The van der Waals surface area contributed by atoms with Gasteiger partial charge in [-0.15, -0.1) is 0 Å². The first kappa shape index (κ1) is 14.1. The molecule has 0 bridgehead atoms. The summed E-state index contributed by atoms with van der Waals surface area (Å²) >= 11 is 5.84. The van der Waals surface area contributed by atoms with Gasteiger partial charge < -0.3 is 15.2 Å². The van der Waals surface area contributed by atoms with Gasteiger partial charge in [0.05, 0.1) is 0 Å². The summed E-state index contributed by atoms with van der Waals surface area (Å²) in [6.45, 7) is 0.0517. The van der Waals surface area contributed by atoms with Crippen LogP contribution in [0.15, 0.2) is 30.3 Å². The van der Waals surface area contributed by atoms with E-state index in [9.17, 15) is 4.79 Å². The van der Waals surface area contributed by atoms with E-state index in [1.807, 2.05) is 0 Å². The van der Waals surface area contributed by atoms with Crippen molar-refractivity contribution in [3.63, 3.8) is 0 Å². The lowest BCUT2D eigenvalue weighted by Crippen LogP contribution is -2.10. The third-order valence-corrected chi connectivity index (χ3v) is 2.65. The minimum absolute atomic E-state index is 0.0517. The number of aromatic nitrogens is 2. The highest BCUT2D eigenvalue weighted by Crippen LogP contribution is 2.18. The van der Waals surface area contributed by atoms with Crippen molar-refractivity contribution in [2.45, 2.75) is 6.61 Å². The fourth-order valence-electron chi connectivity index (χ4n) is 1.50. The van der Waals surface area contributed by atoms with E-state index >= 15 is 0 Å². The Hall–Kier alpha value is -2.34. The van der Waals surface area contributed by atoms with E-state index < -0.39 is 5.97 Å². The van der Waals surface area contributed by atoms with E-state index in [0.717, 1.165) is 0 Å². The zero-order chi connectivity index (χ0) is 14.5. The topological polar surface area (TPSA) is 84.3 Å². The summed E-state index contributed by atoms with van der Waals surface area (Å²) in [6, 6.07) is 8.24. The number of benzene rings is 1. The van der Waals surface area contributed by atoms with Crippen LogP contribution in [0.25, 0.3) is 0 Å². The summed E-state index contributed by atoms with van der Waals surface area (Å²) in [7, 11) is 1.65. The largest absolute Gasteiger partial charge is 0.486 e. The summed E-state index contributed by atoms with van der Waals surface area (Å²) in [5.74, 6) is 0.136. The second kappa shape index (κ2) is 6.21. The third kappa shape index (κ3) is 3.58. The lowest BCUT2D eigenvalue weighted by molar-refractivity contribution is 0.0689. The lowest BCUT2D eigenvalue weighted by atomic mass is 10.3. The van der Waals surface area contributed by atoms with E-state index in [1.165, 1.54) is 6.07 Å². The average molecular weight is 294 g/mol. The molecule has 0 fully saturated rings. The minimum Gasteiger partial charge on any atom is -0.486 e. The summed E-state index contributed by atoms with van der Waals surface area (Å²) in [4.78, 5) is 19.0. The normalized spacial score (nSPS) is 10.1. The van der Waals surface area contributed by atoms with Gasteiger partial charge in [-0.3, -0.25) is 0 Å². The Labute approximate surface area is 120 Å². The van der Waals surface area contributed by atoms with Crippen LogP contribution >= 0.6 is 11.6 Å². The Morgan fingerprint density at radius 2 is 2.20 bits per heavy atom. The number of carboxylic acids is 1. The molecule has 2 N–H and O–H groups in total. The van der Waals surface area contributed by atoms with Gasteiger partial charge in [0.1, 0.15) is 18.2 Å². The molecule has 0 amide bonds. The van der Waals surface area contributed by atoms with Crippen molar-refractivity contribution in [1.82, 2.24) is 9.97 Å². The van der Waals surface area contributed by atoms with Crippen LogP contribution in [-0.2, 0) is 6.61 Å². The predicted molar refractivity (Wildman–Crippen MR) is 74.3 cm³/mol. The molecule has 1 aromatic carbocycles. The van der Waals surface area contributed by atoms with Crippen molar-refractivity contribution in [1.29, 1.82) is 0 Å². The predicted octanol–water partition coefficient (Wildman–Crippen LogP) is 2.45. The van der Waals surface area contributed by atoms with E-state index in [4.69, 9.17) is 21.4 Å². The summed E-state index contributed by atoms with van der Waals surface area (Å²) in [6.07, 6.45) is 0. The first-order chi connectivity index (χ1) is 9.58. The van der Waals surface area contributed by atoms with Gasteiger partial charge >= 0.3 is 5.97 Å². The van der Waals surface area contributed by atoms with Gasteiger partial charge in [0.15, 0.2) is 11.5 Å². The number of ether oxygens (including phenoxy) is 1. The molecule has 7 heteroatoms. The van der Waals surface area contributed by atoms with Crippen LogP contribution in [0.3, 0.4) is 0 Å². The Balaban J connectivity index is 2.16. The molecule has 0 aliphatic carbocycles. The fourth-order valence-corrected chi connectivity index (χ4v) is 1.68. The molecule has 0 radical (unpaired) electrons. The molecule has 1 heterocycles. The van der Waals surface area contributed by atoms with Gasteiger partial charge in [-0.1, -0.05) is 17.7 Å². The van der Waals surface area contributed by atoms with E-state index in [-0.39, 0.29) is 18.1 Å². The lowest BCUT2D eigenvalue weighted by Gasteiger charge is -2.08. The van der Waals surface area contributed by atoms with Crippen LogP contribution in [0.5, 0.6) is 5.75 Å². The molecule has 0 atom stereocenters. The van der Waals surface area contributed by atoms with Crippen LogP contribution in [0.1, 0.15) is 16.3 Å². The summed E-state index contributed by atoms with van der Waals surface area (Å²) < 4.78 is 5.48. The highest BCUT2D eigenvalue weighted by molar-refractivity contribution is 6.30. The molecule has 0 aliphatic rings. The standard InChI is InChI=1S/C13H12ClN3O3/c1-15-11-6-10(13(18)19)16-12(17-11)7-20-9-4-2-3-8(14)5-9/h2-6H,7H2,1H3,(H,18,19)(H,15,16,17). The van der Waals surface area contributed by atoms with Crippen molar-refractivity contribution in [2.24, 2.45) is 0 Å². The van der Waals surface area contributed by atoms with Gasteiger partial charge in [0, 0.05) is 18.1 Å². The third-order valence-electron chi connectivity index (χ3n) is 2.41. The van der Waals surface area contributed by atoms with Gasteiger partial charge in [0.2, 0.25) is 0 Å². The number of nitrogens with one attached hydrogen (secondary N) is 1. The molecule has 1 aromatic heterocycles. The Morgan fingerprint density at radius 3 is 2.85 bits per heavy atom. The first-order valence-corrected chi connectivity index (χ1v) is 6.13. The fraction of sp³-hybridized carbons (Fsp3) is 0.154. The molecule has 20 heavy (non-hydrogen) atoms. The van der Waals surface area contributed by atoms with E-state index in [2.05, 4.69) is 15.3 Å². The molecule has 0 saturated heterocycles. The summed E-state index contributed by atoms with van der Waals surface area (Å²) in [5.41, 5.74) is -0.0888. The molecule has 2 rings (SSSR count). The maximum Gasteiger partial charge on any atom is 0.354 e. The molecule has 104 valence electrons. The van der Waals surface area contributed by atoms with Gasteiger partial charge in [0.25, 0.3) is 0 Å². The Bertz CT molecular complexity index is 634. The van der Waals surface area contributed by atoms with Gasteiger partial charge in [-0.05, 0) is 18.2 Å². The van der Waals surface area contributed by atoms with Crippen molar-refractivity contribution in [2.75, 3.05) is 12.4 Å². The van der Waals surface area contributed by atoms with Crippen molar-refractivity contribution in [3.8, 4) is 5.75 Å². The molecular formula is C13H12ClN3O3. The maximum atomic E-state index is 11.0. The van der Waals surface area contributed by atoms with Crippen LogP contribution < -0.4 is 10.1 Å². The Kier molecular flexibility index (Phi) is 4.37. The molecule has 6 nitrogen and oxygen atoms in total. The molecule has 0 aliphatic heterocycles. The highest BCUT2D eigenvalue weighted by atomic mass is 35.5. The molecular weight excluding hydrogens is 282 g/mol. The van der Waals surface area contributed by atoms with Crippen molar-refractivity contribution in [3.05, 3.63) is 46.9 Å². The van der Waals surface area contributed by atoms with Crippen LogP contribution in [-0.4, -0.2) is 28.1 Å². The number of aromatic carboxylic acids is 1.